The van der Waals surface area contributed by atoms with Crippen molar-refractivity contribution in [3.63, 3.8) is 0 Å². The molecule has 0 radical (unpaired) electrons. The molecule has 0 atom stereocenters. The molecule has 22 heavy (non-hydrogen) atoms. The number of carbonyl (C=O) groups is 1. The van der Waals surface area contributed by atoms with E-state index in [0.717, 1.165) is 30.6 Å². The molecular formula is C13H14N4O3S2. The van der Waals surface area contributed by atoms with Crippen LogP contribution in [0, 0.1) is 0 Å². The molecule has 7 nitrogen and oxygen atoms in total. The summed E-state index contributed by atoms with van der Waals surface area (Å²) < 4.78 is 26.9. The maximum Gasteiger partial charge on any atom is 0.291 e. The zero-order valence-electron chi connectivity index (χ0n) is 11.8. The second-order valence-electron chi connectivity index (χ2n) is 5.00. The minimum Gasteiger partial charge on any atom is -0.301 e. The van der Waals surface area contributed by atoms with Crippen LogP contribution in [0.3, 0.4) is 0 Å². The van der Waals surface area contributed by atoms with Crippen molar-refractivity contribution in [1.82, 2.24) is 10.2 Å². The molecule has 1 heterocycles. The minimum atomic E-state index is -3.80. The van der Waals surface area contributed by atoms with E-state index >= 15 is 0 Å². The van der Waals surface area contributed by atoms with Gasteiger partial charge < -0.3 is 5.32 Å². The Hall–Kier alpha value is -2.00. The summed E-state index contributed by atoms with van der Waals surface area (Å²) in [7, 11) is -3.80. The SMILES string of the molecule is CC(=O)Nc1nnc(S(=O)(=O)Nc2ccc3c(c2)CCC3)s1. The van der Waals surface area contributed by atoms with Gasteiger partial charge in [-0.15, -0.1) is 10.2 Å². The van der Waals surface area contributed by atoms with E-state index in [-0.39, 0.29) is 15.4 Å². The Morgan fingerprint density at radius 2 is 2.00 bits per heavy atom. The van der Waals surface area contributed by atoms with Crippen molar-refractivity contribution in [3.05, 3.63) is 29.3 Å². The summed E-state index contributed by atoms with van der Waals surface area (Å²) in [6.07, 6.45) is 3.11. The van der Waals surface area contributed by atoms with E-state index in [1.165, 1.54) is 18.1 Å². The molecule has 1 aliphatic carbocycles. The second kappa shape index (κ2) is 5.65. The second-order valence-corrected chi connectivity index (χ2v) is 7.83. The van der Waals surface area contributed by atoms with E-state index in [9.17, 15) is 13.2 Å². The van der Waals surface area contributed by atoms with Crippen LogP contribution in [0.1, 0.15) is 24.5 Å². The largest absolute Gasteiger partial charge is 0.301 e. The smallest absolute Gasteiger partial charge is 0.291 e. The van der Waals surface area contributed by atoms with E-state index in [0.29, 0.717) is 5.69 Å². The number of fused-ring (bicyclic) bond motifs is 1. The number of aryl methyl sites for hydroxylation is 2. The fourth-order valence-electron chi connectivity index (χ4n) is 2.35. The van der Waals surface area contributed by atoms with Gasteiger partial charge in [-0.1, -0.05) is 17.4 Å². The van der Waals surface area contributed by atoms with E-state index in [1.54, 1.807) is 6.07 Å². The number of nitrogens with zero attached hydrogens (tertiary/aromatic N) is 2. The van der Waals surface area contributed by atoms with Gasteiger partial charge >= 0.3 is 0 Å². The van der Waals surface area contributed by atoms with Crippen molar-refractivity contribution in [2.24, 2.45) is 0 Å². The zero-order valence-corrected chi connectivity index (χ0v) is 13.4. The van der Waals surface area contributed by atoms with Gasteiger partial charge in [-0.2, -0.15) is 8.42 Å². The Morgan fingerprint density at radius 3 is 2.77 bits per heavy atom. The normalized spacial score (nSPS) is 13.7. The lowest BCUT2D eigenvalue weighted by molar-refractivity contribution is -0.114. The molecule has 1 amide bonds. The van der Waals surface area contributed by atoms with Gasteiger partial charge in [0.15, 0.2) is 0 Å². The number of benzene rings is 1. The fraction of sp³-hybridized carbons (Fsp3) is 0.308. The Kier molecular flexibility index (Phi) is 3.83. The molecule has 0 spiro atoms. The first-order valence-corrected chi connectivity index (χ1v) is 9.00. The predicted molar refractivity (Wildman–Crippen MR) is 83.5 cm³/mol. The van der Waals surface area contributed by atoms with Crippen LogP contribution in [-0.2, 0) is 27.7 Å². The van der Waals surface area contributed by atoms with E-state index in [4.69, 9.17) is 0 Å². The number of nitrogens with one attached hydrogen (secondary N) is 2. The van der Waals surface area contributed by atoms with Crippen molar-refractivity contribution in [2.45, 2.75) is 30.5 Å². The quantitative estimate of drug-likeness (QED) is 0.828. The lowest BCUT2D eigenvalue weighted by Gasteiger charge is -2.07. The zero-order chi connectivity index (χ0) is 15.7. The van der Waals surface area contributed by atoms with Crippen LogP contribution in [0.5, 0.6) is 0 Å². The molecule has 0 unspecified atom stereocenters. The highest BCUT2D eigenvalue weighted by Gasteiger charge is 2.21. The summed E-state index contributed by atoms with van der Waals surface area (Å²) in [6, 6.07) is 5.55. The average Bonchev–Trinajstić information content (AvgIpc) is 3.06. The molecule has 9 heteroatoms. The molecule has 0 bridgehead atoms. The van der Waals surface area contributed by atoms with Crippen molar-refractivity contribution in [2.75, 3.05) is 10.0 Å². The Labute approximate surface area is 131 Å². The van der Waals surface area contributed by atoms with Crippen LogP contribution < -0.4 is 10.0 Å². The number of carbonyl (C=O) groups excluding carboxylic acids is 1. The standard InChI is InChI=1S/C13H14N4O3S2/c1-8(18)14-12-15-16-13(21-12)22(19,20)17-11-6-5-9-3-2-4-10(9)7-11/h5-7,17H,2-4H2,1H3,(H,14,15,18). The van der Waals surface area contributed by atoms with Crippen molar-refractivity contribution < 1.29 is 13.2 Å². The van der Waals surface area contributed by atoms with Gasteiger partial charge in [-0.3, -0.25) is 9.52 Å². The molecular weight excluding hydrogens is 324 g/mol. The summed E-state index contributed by atoms with van der Waals surface area (Å²) in [5.74, 6) is -0.327. The monoisotopic (exact) mass is 338 g/mol. The topological polar surface area (TPSA) is 101 Å². The molecule has 2 aromatic rings. The number of hydrogen-bond acceptors (Lipinski definition) is 6. The third-order valence-electron chi connectivity index (χ3n) is 3.27. The van der Waals surface area contributed by atoms with E-state index < -0.39 is 10.0 Å². The average molecular weight is 338 g/mol. The van der Waals surface area contributed by atoms with Crippen LogP contribution in [-0.4, -0.2) is 24.5 Å². The molecule has 0 fully saturated rings. The number of amides is 1. The number of hydrogen-bond donors (Lipinski definition) is 2. The highest BCUT2D eigenvalue weighted by atomic mass is 32.2. The maximum absolute atomic E-state index is 12.3. The van der Waals surface area contributed by atoms with E-state index in [2.05, 4.69) is 20.2 Å². The molecule has 2 N–H and O–H groups in total. The van der Waals surface area contributed by atoms with Gasteiger partial charge in [0.25, 0.3) is 14.4 Å². The summed E-state index contributed by atoms with van der Waals surface area (Å²) in [5.41, 5.74) is 2.96. The molecule has 1 aliphatic rings. The van der Waals surface area contributed by atoms with Gasteiger partial charge in [0.05, 0.1) is 0 Å². The van der Waals surface area contributed by atoms with Crippen molar-refractivity contribution in [3.8, 4) is 0 Å². The summed E-state index contributed by atoms with van der Waals surface area (Å²) >= 11 is 0.808. The predicted octanol–water partition coefficient (Wildman–Crippen LogP) is 1.79. The third-order valence-corrected chi connectivity index (χ3v) is 5.86. The molecule has 0 saturated heterocycles. The Morgan fingerprint density at radius 1 is 1.23 bits per heavy atom. The Balaban J connectivity index is 1.81. The fourth-order valence-corrected chi connectivity index (χ4v) is 4.35. The van der Waals surface area contributed by atoms with Gasteiger partial charge in [-0.25, -0.2) is 0 Å². The lowest BCUT2D eigenvalue weighted by Crippen LogP contribution is -2.13. The van der Waals surface area contributed by atoms with Gasteiger partial charge in [0.2, 0.25) is 11.0 Å². The molecule has 0 saturated carbocycles. The molecule has 3 rings (SSSR count). The highest BCUT2D eigenvalue weighted by molar-refractivity contribution is 7.94. The van der Waals surface area contributed by atoms with Crippen molar-refractivity contribution in [1.29, 1.82) is 0 Å². The first kappa shape index (κ1) is 14.9. The lowest BCUT2D eigenvalue weighted by atomic mass is 10.1. The summed E-state index contributed by atoms with van der Waals surface area (Å²) in [4.78, 5) is 10.9. The number of rotatable bonds is 4. The molecule has 1 aromatic heterocycles. The number of sulfonamides is 1. The number of anilines is 2. The highest BCUT2D eigenvalue weighted by Crippen LogP contribution is 2.27. The maximum atomic E-state index is 12.3. The van der Waals surface area contributed by atoms with Crippen LogP contribution in [0.25, 0.3) is 0 Å². The van der Waals surface area contributed by atoms with E-state index in [1.807, 2.05) is 12.1 Å². The molecule has 116 valence electrons. The number of aromatic nitrogens is 2. The van der Waals surface area contributed by atoms with Gasteiger partial charge in [-0.05, 0) is 42.5 Å². The Bertz CT molecular complexity index is 830. The first-order valence-electron chi connectivity index (χ1n) is 6.70. The summed E-state index contributed by atoms with van der Waals surface area (Å²) in [5, 5.41) is 9.82. The molecule has 0 aliphatic heterocycles. The minimum absolute atomic E-state index is 0.154. The molecule has 1 aromatic carbocycles. The summed E-state index contributed by atoms with van der Waals surface area (Å²) in [6.45, 7) is 1.32. The van der Waals surface area contributed by atoms with Crippen LogP contribution in [0.4, 0.5) is 10.8 Å². The first-order chi connectivity index (χ1) is 10.4. The van der Waals surface area contributed by atoms with Crippen LogP contribution in [0.2, 0.25) is 0 Å². The van der Waals surface area contributed by atoms with Crippen LogP contribution in [0.15, 0.2) is 22.5 Å². The van der Waals surface area contributed by atoms with Gasteiger partial charge in [0, 0.05) is 12.6 Å². The van der Waals surface area contributed by atoms with Crippen molar-refractivity contribution >= 4 is 38.1 Å². The van der Waals surface area contributed by atoms with Crippen LogP contribution >= 0.6 is 11.3 Å². The van der Waals surface area contributed by atoms with Gasteiger partial charge in [0.1, 0.15) is 0 Å². The third kappa shape index (κ3) is 3.09.